The van der Waals surface area contributed by atoms with Crippen LogP contribution < -0.4 is 0 Å². The normalized spacial score (nSPS) is 12.6. The maximum Gasteiger partial charge on any atom is 0.312 e. The number of carboxylic acid groups (broad SMARTS) is 1. The van der Waals surface area contributed by atoms with Gasteiger partial charge in [0.2, 0.25) is 0 Å². The molecule has 0 aliphatic carbocycles. The standard InChI is InChI=1S/C15H17NO2S/c1-10(2)8-12(15(17)18)13-9-19-14(16-13)11-6-4-3-5-7-11/h3-7,9-10,12H,8H2,1-2H3,(H,17,18). The molecule has 0 aliphatic heterocycles. The van der Waals surface area contributed by atoms with Gasteiger partial charge in [-0.2, -0.15) is 0 Å². The van der Waals surface area contributed by atoms with Gasteiger partial charge in [0.1, 0.15) is 5.01 Å². The van der Waals surface area contributed by atoms with E-state index in [0.29, 0.717) is 18.0 Å². The molecule has 3 nitrogen and oxygen atoms in total. The number of hydrogen-bond acceptors (Lipinski definition) is 3. The van der Waals surface area contributed by atoms with Crippen molar-refractivity contribution in [2.45, 2.75) is 26.2 Å². The lowest BCUT2D eigenvalue weighted by Gasteiger charge is -2.11. The first-order valence-corrected chi connectivity index (χ1v) is 7.19. The minimum absolute atomic E-state index is 0.336. The molecule has 0 saturated heterocycles. The zero-order chi connectivity index (χ0) is 13.8. The number of nitrogens with zero attached hydrogens (tertiary/aromatic N) is 1. The molecule has 4 heteroatoms. The van der Waals surface area contributed by atoms with Crippen LogP contribution in [0.3, 0.4) is 0 Å². The molecule has 0 spiro atoms. The summed E-state index contributed by atoms with van der Waals surface area (Å²) in [5.74, 6) is -0.963. The van der Waals surface area contributed by atoms with E-state index < -0.39 is 11.9 Å². The number of carboxylic acids is 1. The van der Waals surface area contributed by atoms with Gasteiger partial charge >= 0.3 is 5.97 Å². The van der Waals surface area contributed by atoms with Crippen LogP contribution in [0.2, 0.25) is 0 Å². The van der Waals surface area contributed by atoms with Gasteiger partial charge in [-0.15, -0.1) is 11.3 Å². The van der Waals surface area contributed by atoms with Gasteiger partial charge in [-0.05, 0) is 12.3 Å². The van der Waals surface area contributed by atoms with Gasteiger partial charge in [-0.1, -0.05) is 44.2 Å². The van der Waals surface area contributed by atoms with Crippen molar-refractivity contribution in [1.82, 2.24) is 4.98 Å². The predicted octanol–water partition coefficient (Wildman–Crippen LogP) is 4.02. The van der Waals surface area contributed by atoms with Crippen LogP contribution in [0.15, 0.2) is 35.7 Å². The summed E-state index contributed by atoms with van der Waals surface area (Å²) in [6, 6.07) is 9.84. The van der Waals surface area contributed by atoms with Crippen molar-refractivity contribution in [3.05, 3.63) is 41.4 Å². The Bertz CT molecular complexity index is 548. The molecule has 1 heterocycles. The van der Waals surface area contributed by atoms with Gasteiger partial charge in [0.15, 0.2) is 0 Å². The molecule has 1 aromatic carbocycles. The average molecular weight is 275 g/mol. The number of hydrogen-bond donors (Lipinski definition) is 1. The Kier molecular flexibility index (Phi) is 4.32. The molecule has 0 saturated carbocycles. The molecule has 1 unspecified atom stereocenters. The molecule has 2 aromatic rings. The highest BCUT2D eigenvalue weighted by molar-refractivity contribution is 7.13. The van der Waals surface area contributed by atoms with E-state index in [1.807, 2.05) is 49.6 Å². The molecule has 2 rings (SSSR count). The van der Waals surface area contributed by atoms with Crippen molar-refractivity contribution >= 4 is 17.3 Å². The van der Waals surface area contributed by atoms with Crippen molar-refractivity contribution in [2.75, 3.05) is 0 Å². The summed E-state index contributed by atoms with van der Waals surface area (Å²) in [4.78, 5) is 15.8. The van der Waals surface area contributed by atoms with Crippen molar-refractivity contribution in [3.63, 3.8) is 0 Å². The van der Waals surface area contributed by atoms with Gasteiger partial charge in [-0.25, -0.2) is 4.98 Å². The first-order valence-electron chi connectivity index (χ1n) is 6.31. The van der Waals surface area contributed by atoms with Gasteiger partial charge in [-0.3, -0.25) is 4.79 Å². The van der Waals surface area contributed by atoms with Crippen LogP contribution >= 0.6 is 11.3 Å². The quantitative estimate of drug-likeness (QED) is 0.896. The second-order valence-electron chi connectivity index (χ2n) is 4.96. The fourth-order valence-electron chi connectivity index (χ4n) is 1.98. The maximum atomic E-state index is 11.3. The maximum absolute atomic E-state index is 11.3. The van der Waals surface area contributed by atoms with E-state index in [-0.39, 0.29) is 0 Å². The van der Waals surface area contributed by atoms with Gasteiger partial charge in [0.05, 0.1) is 11.6 Å². The van der Waals surface area contributed by atoms with Crippen molar-refractivity contribution in [3.8, 4) is 10.6 Å². The first kappa shape index (κ1) is 13.7. The largest absolute Gasteiger partial charge is 0.481 e. The molecule has 0 radical (unpaired) electrons. The molecule has 19 heavy (non-hydrogen) atoms. The topological polar surface area (TPSA) is 50.2 Å². The number of benzene rings is 1. The Hall–Kier alpha value is -1.68. The zero-order valence-corrected chi connectivity index (χ0v) is 11.9. The third-order valence-electron chi connectivity index (χ3n) is 2.90. The lowest BCUT2D eigenvalue weighted by molar-refractivity contribution is -0.139. The Labute approximate surface area is 116 Å². The molecule has 1 aromatic heterocycles. The number of thiazole rings is 1. The number of aliphatic carboxylic acids is 1. The molecule has 0 amide bonds. The summed E-state index contributed by atoms with van der Waals surface area (Å²) in [5.41, 5.74) is 1.71. The first-order chi connectivity index (χ1) is 9.08. The number of carbonyl (C=O) groups is 1. The fourth-order valence-corrected chi connectivity index (χ4v) is 2.86. The van der Waals surface area contributed by atoms with Crippen LogP contribution in [0.25, 0.3) is 10.6 Å². The zero-order valence-electron chi connectivity index (χ0n) is 11.0. The highest BCUT2D eigenvalue weighted by Crippen LogP contribution is 2.30. The van der Waals surface area contributed by atoms with Crippen molar-refractivity contribution < 1.29 is 9.90 Å². The second-order valence-corrected chi connectivity index (χ2v) is 5.82. The summed E-state index contributed by atoms with van der Waals surface area (Å²) in [6.45, 7) is 4.06. The Morgan fingerprint density at radius 2 is 2.00 bits per heavy atom. The third kappa shape index (κ3) is 3.41. The van der Waals surface area contributed by atoms with Gasteiger partial charge in [0, 0.05) is 10.9 Å². The minimum atomic E-state index is -0.793. The summed E-state index contributed by atoms with van der Waals surface area (Å²) in [7, 11) is 0. The van der Waals surface area contributed by atoms with E-state index in [4.69, 9.17) is 0 Å². The molecule has 1 N–H and O–H groups in total. The second kappa shape index (κ2) is 5.97. The van der Waals surface area contributed by atoms with Crippen LogP contribution in [0, 0.1) is 5.92 Å². The highest BCUT2D eigenvalue weighted by atomic mass is 32.1. The smallest absolute Gasteiger partial charge is 0.312 e. The highest BCUT2D eigenvalue weighted by Gasteiger charge is 2.23. The SMILES string of the molecule is CC(C)CC(C(=O)O)c1csc(-c2ccccc2)n1. The van der Waals surface area contributed by atoms with Crippen LogP contribution in [0.1, 0.15) is 31.9 Å². The molecular weight excluding hydrogens is 258 g/mol. The molecular formula is C15H17NO2S. The molecule has 0 fully saturated rings. The van der Waals surface area contributed by atoms with E-state index in [1.165, 1.54) is 11.3 Å². The number of aromatic nitrogens is 1. The van der Waals surface area contributed by atoms with E-state index >= 15 is 0 Å². The van der Waals surface area contributed by atoms with Crippen molar-refractivity contribution in [2.24, 2.45) is 5.92 Å². The van der Waals surface area contributed by atoms with Crippen LogP contribution in [0.5, 0.6) is 0 Å². The Morgan fingerprint density at radius 3 is 2.58 bits per heavy atom. The third-order valence-corrected chi connectivity index (χ3v) is 3.81. The van der Waals surface area contributed by atoms with Crippen molar-refractivity contribution in [1.29, 1.82) is 0 Å². The summed E-state index contributed by atoms with van der Waals surface area (Å²) in [6.07, 6.45) is 0.618. The Balaban J connectivity index is 2.26. The molecule has 0 bridgehead atoms. The monoisotopic (exact) mass is 275 g/mol. The van der Waals surface area contributed by atoms with Gasteiger partial charge < -0.3 is 5.11 Å². The van der Waals surface area contributed by atoms with E-state index in [2.05, 4.69) is 4.98 Å². The lowest BCUT2D eigenvalue weighted by Crippen LogP contribution is -2.14. The van der Waals surface area contributed by atoms with Gasteiger partial charge in [0.25, 0.3) is 0 Å². The van der Waals surface area contributed by atoms with Crippen LogP contribution in [-0.2, 0) is 4.79 Å². The summed E-state index contributed by atoms with van der Waals surface area (Å²) >= 11 is 1.50. The minimum Gasteiger partial charge on any atom is -0.481 e. The predicted molar refractivity (Wildman–Crippen MR) is 77.4 cm³/mol. The molecule has 1 atom stereocenters. The molecule has 100 valence electrons. The van der Waals surface area contributed by atoms with Crippen LogP contribution in [0.4, 0.5) is 0 Å². The number of rotatable bonds is 5. The van der Waals surface area contributed by atoms with E-state index in [0.717, 1.165) is 10.6 Å². The van der Waals surface area contributed by atoms with E-state index in [1.54, 1.807) is 0 Å². The molecule has 0 aliphatic rings. The summed E-state index contributed by atoms with van der Waals surface area (Å²) < 4.78 is 0. The Morgan fingerprint density at radius 1 is 1.32 bits per heavy atom. The van der Waals surface area contributed by atoms with Crippen LogP contribution in [-0.4, -0.2) is 16.1 Å². The summed E-state index contributed by atoms with van der Waals surface area (Å²) in [5, 5.41) is 12.1. The average Bonchev–Trinajstić information content (AvgIpc) is 2.86. The lowest BCUT2D eigenvalue weighted by atomic mass is 9.95. The fraction of sp³-hybridized carbons (Fsp3) is 0.333. The van der Waals surface area contributed by atoms with E-state index in [9.17, 15) is 9.90 Å².